The van der Waals surface area contributed by atoms with Crippen molar-refractivity contribution in [3.8, 4) is 5.75 Å². The first-order valence-electron chi connectivity index (χ1n) is 9.38. The fourth-order valence-electron chi connectivity index (χ4n) is 3.61. The number of hydrogen-bond donors (Lipinski definition) is 0. The molecule has 1 aliphatic rings. The lowest BCUT2D eigenvalue weighted by molar-refractivity contribution is 0.171. The number of aromatic nitrogens is 1. The maximum absolute atomic E-state index is 13.1. The highest BCUT2D eigenvalue weighted by Gasteiger charge is 2.30. The highest BCUT2D eigenvalue weighted by atomic mass is 32.2. The standard InChI is InChI=1S/C20H23N3O5S/c1-4-23-13-14(27-18-8-6-5-7-17(18)23)12-21(2)29(25,26)15-9-10-16-19(11-15)28-20(24)22(16)3/h5-11,14H,4,12-13H2,1-3H3/t14-/m0/s1. The van der Waals surface area contributed by atoms with Crippen LogP contribution in [0, 0.1) is 0 Å². The number of rotatable bonds is 5. The van der Waals surface area contributed by atoms with E-state index in [-0.39, 0.29) is 23.1 Å². The summed E-state index contributed by atoms with van der Waals surface area (Å²) in [4.78, 5) is 13.9. The third-order valence-electron chi connectivity index (χ3n) is 5.24. The van der Waals surface area contributed by atoms with Gasteiger partial charge in [-0.1, -0.05) is 12.1 Å². The van der Waals surface area contributed by atoms with Crippen LogP contribution in [0.2, 0.25) is 0 Å². The third-order valence-corrected chi connectivity index (χ3v) is 7.06. The quantitative estimate of drug-likeness (QED) is 0.632. The first kappa shape index (κ1) is 19.5. The van der Waals surface area contributed by atoms with Crippen molar-refractivity contribution in [1.29, 1.82) is 0 Å². The maximum atomic E-state index is 13.1. The Hall–Kier alpha value is -2.78. The SMILES string of the molecule is CCN1C[C@H](CN(C)S(=O)(=O)c2ccc3c(c2)oc(=O)n3C)Oc2ccccc21. The number of oxazole rings is 1. The maximum Gasteiger partial charge on any atom is 0.419 e. The van der Waals surface area contributed by atoms with Gasteiger partial charge in [0, 0.05) is 26.7 Å². The molecule has 1 atom stereocenters. The van der Waals surface area contributed by atoms with Crippen LogP contribution in [-0.2, 0) is 17.1 Å². The van der Waals surface area contributed by atoms with Gasteiger partial charge in [0.15, 0.2) is 5.58 Å². The first-order valence-corrected chi connectivity index (χ1v) is 10.8. The Balaban J connectivity index is 1.58. The van der Waals surface area contributed by atoms with E-state index in [1.807, 2.05) is 24.3 Å². The van der Waals surface area contributed by atoms with Gasteiger partial charge in [-0.15, -0.1) is 0 Å². The van der Waals surface area contributed by atoms with Gasteiger partial charge < -0.3 is 14.1 Å². The molecule has 2 heterocycles. The van der Waals surface area contributed by atoms with Crippen molar-refractivity contribution in [3.05, 3.63) is 53.0 Å². The summed E-state index contributed by atoms with van der Waals surface area (Å²) in [6.45, 7) is 3.66. The Morgan fingerprint density at radius 3 is 2.72 bits per heavy atom. The van der Waals surface area contributed by atoms with Crippen LogP contribution in [0.25, 0.3) is 11.1 Å². The van der Waals surface area contributed by atoms with Crippen molar-refractivity contribution in [2.45, 2.75) is 17.9 Å². The largest absolute Gasteiger partial charge is 0.485 e. The van der Waals surface area contributed by atoms with E-state index in [9.17, 15) is 13.2 Å². The molecule has 29 heavy (non-hydrogen) atoms. The zero-order chi connectivity index (χ0) is 20.8. The smallest absolute Gasteiger partial charge is 0.419 e. The van der Waals surface area contributed by atoms with Gasteiger partial charge in [-0.2, -0.15) is 4.31 Å². The molecule has 1 aliphatic heterocycles. The molecule has 154 valence electrons. The summed E-state index contributed by atoms with van der Waals surface area (Å²) in [5.41, 5.74) is 1.80. The van der Waals surface area contributed by atoms with Crippen LogP contribution in [0.15, 0.2) is 56.6 Å². The summed E-state index contributed by atoms with van der Waals surface area (Å²) < 4.78 is 39.9. The molecule has 0 radical (unpaired) electrons. The van der Waals surface area contributed by atoms with E-state index in [4.69, 9.17) is 9.15 Å². The summed E-state index contributed by atoms with van der Waals surface area (Å²) in [7, 11) is -0.667. The van der Waals surface area contributed by atoms with Crippen molar-refractivity contribution >= 4 is 26.8 Å². The molecule has 0 saturated carbocycles. The molecule has 2 aromatic carbocycles. The lowest BCUT2D eigenvalue weighted by Gasteiger charge is -2.36. The van der Waals surface area contributed by atoms with Crippen molar-refractivity contribution < 1.29 is 17.6 Å². The molecular formula is C20H23N3O5S. The number of aryl methyl sites for hydroxylation is 1. The van der Waals surface area contributed by atoms with Crippen molar-refractivity contribution in [2.75, 3.05) is 31.6 Å². The number of ether oxygens (including phenoxy) is 1. The normalized spacial score (nSPS) is 16.8. The molecule has 0 unspecified atom stereocenters. The summed E-state index contributed by atoms with van der Waals surface area (Å²) in [6, 6.07) is 12.2. The molecule has 0 saturated heterocycles. The molecule has 0 spiro atoms. The van der Waals surface area contributed by atoms with E-state index in [0.29, 0.717) is 12.1 Å². The number of nitrogens with zero attached hydrogens (tertiary/aromatic N) is 3. The lowest BCUT2D eigenvalue weighted by Crippen LogP contribution is -2.46. The summed E-state index contributed by atoms with van der Waals surface area (Å²) in [5, 5.41) is 0. The number of likely N-dealkylation sites (N-methyl/N-ethyl adjacent to an activating group) is 2. The molecule has 0 amide bonds. The molecule has 0 fully saturated rings. The molecule has 1 aromatic heterocycles. The van der Waals surface area contributed by atoms with Crippen LogP contribution in [0.4, 0.5) is 5.69 Å². The molecule has 4 rings (SSSR count). The van der Waals surface area contributed by atoms with Gasteiger partial charge in [0.25, 0.3) is 0 Å². The van der Waals surface area contributed by atoms with Gasteiger partial charge in [0.2, 0.25) is 10.0 Å². The number of para-hydroxylation sites is 2. The zero-order valence-corrected chi connectivity index (χ0v) is 17.3. The summed E-state index contributed by atoms with van der Waals surface area (Å²) in [5.74, 6) is 0.223. The van der Waals surface area contributed by atoms with Crippen LogP contribution in [-0.4, -0.2) is 50.1 Å². The average Bonchev–Trinajstić information content (AvgIpc) is 3.00. The van der Waals surface area contributed by atoms with E-state index >= 15 is 0 Å². The Labute approximate surface area is 168 Å². The topological polar surface area (TPSA) is 85.0 Å². The van der Waals surface area contributed by atoms with Crippen molar-refractivity contribution in [2.24, 2.45) is 7.05 Å². The monoisotopic (exact) mass is 417 g/mol. The van der Waals surface area contributed by atoms with Gasteiger partial charge in [0.1, 0.15) is 11.9 Å². The van der Waals surface area contributed by atoms with E-state index in [1.165, 1.54) is 28.1 Å². The predicted octanol–water partition coefficient (Wildman–Crippen LogP) is 2.04. The van der Waals surface area contributed by atoms with Gasteiger partial charge in [-0.05, 0) is 31.2 Å². The molecule has 9 heteroatoms. The Bertz CT molecular complexity index is 1210. The zero-order valence-electron chi connectivity index (χ0n) is 16.5. The minimum Gasteiger partial charge on any atom is -0.485 e. The minimum atomic E-state index is -3.77. The van der Waals surface area contributed by atoms with Crippen LogP contribution in [0.5, 0.6) is 5.75 Å². The summed E-state index contributed by atoms with van der Waals surface area (Å²) in [6.07, 6.45) is -0.303. The second kappa shape index (κ2) is 7.23. The van der Waals surface area contributed by atoms with Crippen molar-refractivity contribution in [3.63, 3.8) is 0 Å². The Kier molecular flexibility index (Phi) is 4.87. The van der Waals surface area contributed by atoms with Crippen LogP contribution in [0.3, 0.4) is 0 Å². The van der Waals surface area contributed by atoms with E-state index in [1.54, 1.807) is 13.1 Å². The predicted molar refractivity (Wildman–Crippen MR) is 110 cm³/mol. The average molecular weight is 417 g/mol. The van der Waals surface area contributed by atoms with Gasteiger partial charge in [-0.25, -0.2) is 13.2 Å². The highest BCUT2D eigenvalue weighted by molar-refractivity contribution is 7.89. The highest BCUT2D eigenvalue weighted by Crippen LogP contribution is 2.33. The Morgan fingerprint density at radius 2 is 1.97 bits per heavy atom. The number of hydrogen-bond acceptors (Lipinski definition) is 6. The second-order valence-corrected chi connectivity index (χ2v) is 9.13. The van der Waals surface area contributed by atoms with Crippen molar-refractivity contribution in [1.82, 2.24) is 8.87 Å². The molecule has 0 bridgehead atoms. The fourth-order valence-corrected chi connectivity index (χ4v) is 4.83. The van der Waals surface area contributed by atoms with E-state index < -0.39 is 15.8 Å². The fraction of sp³-hybridized carbons (Fsp3) is 0.350. The summed E-state index contributed by atoms with van der Waals surface area (Å²) >= 11 is 0. The molecule has 0 N–H and O–H groups in total. The number of benzene rings is 2. The number of sulfonamides is 1. The minimum absolute atomic E-state index is 0.0745. The molecular weight excluding hydrogens is 394 g/mol. The molecule has 8 nitrogen and oxygen atoms in total. The first-order chi connectivity index (χ1) is 13.8. The Morgan fingerprint density at radius 1 is 1.21 bits per heavy atom. The van der Waals surface area contributed by atoms with E-state index in [0.717, 1.165) is 18.0 Å². The van der Waals surface area contributed by atoms with Crippen LogP contribution in [0.1, 0.15) is 6.92 Å². The van der Waals surface area contributed by atoms with Gasteiger partial charge >= 0.3 is 5.76 Å². The van der Waals surface area contributed by atoms with Crippen LogP contribution < -0.4 is 15.4 Å². The van der Waals surface area contributed by atoms with Gasteiger partial charge in [-0.3, -0.25) is 4.57 Å². The third kappa shape index (κ3) is 3.40. The van der Waals surface area contributed by atoms with Crippen LogP contribution >= 0.6 is 0 Å². The number of fused-ring (bicyclic) bond motifs is 2. The lowest BCUT2D eigenvalue weighted by atomic mass is 10.2. The van der Waals surface area contributed by atoms with Gasteiger partial charge in [0.05, 0.1) is 29.2 Å². The molecule has 0 aliphatic carbocycles. The second-order valence-electron chi connectivity index (χ2n) is 7.09. The van der Waals surface area contributed by atoms with E-state index in [2.05, 4.69) is 11.8 Å². The number of anilines is 1. The molecule has 3 aromatic rings.